The predicted octanol–water partition coefficient (Wildman–Crippen LogP) is 13.0. The van der Waals surface area contributed by atoms with Crippen LogP contribution in [0.4, 0.5) is 34.1 Å². The summed E-state index contributed by atoms with van der Waals surface area (Å²) in [6.45, 7) is 15.9. The van der Waals surface area contributed by atoms with Gasteiger partial charge in [0.15, 0.2) is 0 Å². The largest absolute Gasteiger partial charge is 0.310 e. The number of anilines is 6. The Bertz CT molecular complexity index is 2300. The molecule has 0 saturated heterocycles. The standard InChI is InChI=1S/C49H44N4/c1-31-28-34(52-42-20-12-8-16-38(42)48(4,5)39-17-9-13-21-43(39)52)24-26-36(31)46-33(3)47(51-30-50-46)37-27-25-35(29-32(37)2)53-44-22-14-10-18-40(44)49(6,7)41-19-11-15-23-45(41)53/h8-30H,1-7H3. The van der Waals surface area contributed by atoms with Crippen LogP contribution in [0.25, 0.3) is 22.5 Å². The van der Waals surface area contributed by atoms with Gasteiger partial charge in [-0.05, 0) is 103 Å². The summed E-state index contributed by atoms with van der Waals surface area (Å²) in [4.78, 5) is 14.6. The number of para-hydroxylation sites is 4. The van der Waals surface area contributed by atoms with Crippen LogP contribution >= 0.6 is 0 Å². The highest BCUT2D eigenvalue weighted by atomic mass is 15.2. The first-order chi connectivity index (χ1) is 25.6. The summed E-state index contributed by atoms with van der Waals surface area (Å²) in [5, 5.41) is 0. The number of fused-ring (bicyclic) bond motifs is 4. The van der Waals surface area contributed by atoms with Gasteiger partial charge in [0.2, 0.25) is 0 Å². The number of hydrogen-bond donors (Lipinski definition) is 0. The van der Waals surface area contributed by atoms with Crippen molar-refractivity contribution in [1.29, 1.82) is 0 Å². The number of rotatable bonds is 4. The fraction of sp³-hybridized carbons (Fsp3) is 0.184. The second-order valence-corrected chi connectivity index (χ2v) is 15.7. The summed E-state index contributed by atoms with van der Waals surface area (Å²) in [5.41, 5.74) is 19.9. The first-order valence-electron chi connectivity index (χ1n) is 18.6. The second-order valence-electron chi connectivity index (χ2n) is 15.7. The van der Waals surface area contributed by atoms with Gasteiger partial charge in [0.1, 0.15) is 6.33 Å². The molecular weight excluding hydrogens is 645 g/mol. The molecular formula is C49H44N4. The van der Waals surface area contributed by atoms with Crippen LogP contribution in [0.2, 0.25) is 0 Å². The fourth-order valence-corrected chi connectivity index (χ4v) is 8.99. The minimum Gasteiger partial charge on any atom is -0.310 e. The molecule has 6 aromatic carbocycles. The van der Waals surface area contributed by atoms with Gasteiger partial charge >= 0.3 is 0 Å². The van der Waals surface area contributed by atoms with Crippen LogP contribution in [0.15, 0.2) is 140 Å². The molecule has 0 N–H and O–H groups in total. The van der Waals surface area contributed by atoms with E-state index in [0.717, 1.165) is 39.5 Å². The van der Waals surface area contributed by atoms with Crippen LogP contribution < -0.4 is 9.80 Å². The third kappa shape index (κ3) is 4.96. The highest BCUT2D eigenvalue weighted by Crippen LogP contribution is 2.53. The van der Waals surface area contributed by atoms with E-state index >= 15 is 0 Å². The number of benzene rings is 6. The third-order valence-corrected chi connectivity index (χ3v) is 11.8. The van der Waals surface area contributed by atoms with Crippen LogP contribution in [-0.4, -0.2) is 9.97 Å². The summed E-state index contributed by atoms with van der Waals surface area (Å²) >= 11 is 0. The van der Waals surface area contributed by atoms with Gasteiger partial charge in [-0.25, -0.2) is 9.97 Å². The maximum atomic E-state index is 4.88. The van der Waals surface area contributed by atoms with Gasteiger partial charge in [0.05, 0.1) is 34.1 Å². The number of aryl methyl sites for hydroxylation is 2. The van der Waals surface area contributed by atoms with Crippen molar-refractivity contribution in [3.63, 3.8) is 0 Å². The first-order valence-corrected chi connectivity index (χ1v) is 18.6. The first kappa shape index (κ1) is 32.9. The lowest BCUT2D eigenvalue weighted by Crippen LogP contribution is -2.30. The summed E-state index contributed by atoms with van der Waals surface area (Å²) in [5.74, 6) is 0. The Hall–Kier alpha value is -6.00. The molecule has 4 nitrogen and oxygen atoms in total. The van der Waals surface area contributed by atoms with Crippen molar-refractivity contribution in [3.05, 3.63) is 179 Å². The molecule has 0 unspecified atom stereocenters. The molecule has 0 fully saturated rings. The smallest absolute Gasteiger partial charge is 0.116 e. The zero-order valence-electron chi connectivity index (χ0n) is 31.6. The van der Waals surface area contributed by atoms with Crippen molar-refractivity contribution in [1.82, 2.24) is 9.97 Å². The van der Waals surface area contributed by atoms with Gasteiger partial charge in [-0.15, -0.1) is 0 Å². The zero-order chi connectivity index (χ0) is 36.6. The van der Waals surface area contributed by atoms with Crippen molar-refractivity contribution in [2.45, 2.75) is 59.3 Å². The minimum atomic E-state index is -0.0941. The van der Waals surface area contributed by atoms with E-state index in [1.807, 2.05) is 0 Å². The molecule has 0 spiro atoms. The normalized spacial score (nSPS) is 14.9. The van der Waals surface area contributed by atoms with Gasteiger partial charge in [0, 0.05) is 38.9 Å². The molecule has 0 amide bonds. The molecule has 4 heteroatoms. The lowest BCUT2D eigenvalue weighted by Gasteiger charge is -2.42. The maximum Gasteiger partial charge on any atom is 0.116 e. The molecule has 0 aliphatic carbocycles. The van der Waals surface area contributed by atoms with E-state index < -0.39 is 0 Å². The minimum absolute atomic E-state index is 0.0941. The van der Waals surface area contributed by atoms with E-state index in [4.69, 9.17) is 9.97 Å². The molecule has 0 bridgehead atoms. The molecule has 2 aliphatic heterocycles. The molecule has 0 radical (unpaired) electrons. The summed E-state index contributed by atoms with van der Waals surface area (Å²) in [6, 6.07) is 48.8. The van der Waals surface area contributed by atoms with Crippen LogP contribution in [0.1, 0.15) is 66.6 Å². The summed E-state index contributed by atoms with van der Waals surface area (Å²) in [6.07, 6.45) is 1.72. The molecule has 260 valence electrons. The molecule has 1 aromatic heterocycles. The lowest BCUT2D eigenvalue weighted by atomic mass is 9.73. The highest BCUT2D eigenvalue weighted by Gasteiger charge is 2.38. The number of aromatic nitrogens is 2. The SMILES string of the molecule is Cc1cc(N2c3ccccc3C(C)(C)c3ccccc32)ccc1-c1ncnc(-c2ccc(N3c4ccccc4C(C)(C)c4ccccc43)cc2C)c1C. The average Bonchev–Trinajstić information content (AvgIpc) is 3.16. The Morgan fingerprint density at radius 1 is 0.415 bits per heavy atom. The monoisotopic (exact) mass is 688 g/mol. The fourth-order valence-electron chi connectivity index (χ4n) is 8.99. The molecule has 0 saturated carbocycles. The number of hydrogen-bond acceptors (Lipinski definition) is 4. The Kier molecular flexibility index (Phi) is 7.46. The maximum absolute atomic E-state index is 4.88. The zero-order valence-corrected chi connectivity index (χ0v) is 31.6. The van der Waals surface area contributed by atoms with Crippen LogP contribution in [0, 0.1) is 20.8 Å². The van der Waals surface area contributed by atoms with E-state index in [0.29, 0.717) is 0 Å². The molecule has 7 aromatic rings. The Morgan fingerprint density at radius 3 is 1.06 bits per heavy atom. The van der Waals surface area contributed by atoms with Gasteiger partial charge < -0.3 is 9.80 Å². The second kappa shape index (κ2) is 12.0. The molecule has 53 heavy (non-hydrogen) atoms. The van der Waals surface area contributed by atoms with Crippen LogP contribution in [0.3, 0.4) is 0 Å². The molecule has 9 rings (SSSR count). The Balaban J connectivity index is 1.09. The molecule has 2 aliphatic rings. The van der Waals surface area contributed by atoms with E-state index in [-0.39, 0.29) is 10.8 Å². The van der Waals surface area contributed by atoms with Gasteiger partial charge in [0.25, 0.3) is 0 Å². The topological polar surface area (TPSA) is 32.3 Å². The molecule has 0 atom stereocenters. The number of nitrogens with zero attached hydrogens (tertiary/aromatic N) is 4. The van der Waals surface area contributed by atoms with Crippen molar-refractivity contribution < 1.29 is 0 Å². The Morgan fingerprint density at radius 2 is 0.736 bits per heavy atom. The van der Waals surface area contributed by atoms with Gasteiger partial charge in [-0.2, -0.15) is 0 Å². The summed E-state index contributed by atoms with van der Waals surface area (Å²) < 4.78 is 0. The van der Waals surface area contributed by atoms with E-state index in [9.17, 15) is 0 Å². The Labute approximate surface area is 313 Å². The van der Waals surface area contributed by atoms with Crippen molar-refractivity contribution in [2.24, 2.45) is 0 Å². The average molecular weight is 689 g/mol. The van der Waals surface area contributed by atoms with E-state index in [1.165, 1.54) is 56.1 Å². The quantitative estimate of drug-likeness (QED) is 0.184. The van der Waals surface area contributed by atoms with Crippen LogP contribution in [0.5, 0.6) is 0 Å². The molecule has 3 heterocycles. The predicted molar refractivity (Wildman–Crippen MR) is 221 cm³/mol. The van der Waals surface area contributed by atoms with Gasteiger partial charge in [-0.3, -0.25) is 0 Å². The highest BCUT2D eigenvalue weighted by molar-refractivity contribution is 5.89. The summed E-state index contributed by atoms with van der Waals surface area (Å²) in [7, 11) is 0. The third-order valence-electron chi connectivity index (χ3n) is 11.8. The van der Waals surface area contributed by atoms with Crippen molar-refractivity contribution in [3.8, 4) is 22.5 Å². The van der Waals surface area contributed by atoms with E-state index in [1.54, 1.807) is 6.33 Å². The van der Waals surface area contributed by atoms with E-state index in [2.05, 4.69) is 192 Å². The van der Waals surface area contributed by atoms with Crippen molar-refractivity contribution in [2.75, 3.05) is 9.80 Å². The van der Waals surface area contributed by atoms with Crippen molar-refractivity contribution >= 4 is 34.1 Å². The van der Waals surface area contributed by atoms with Crippen LogP contribution in [-0.2, 0) is 10.8 Å². The lowest BCUT2D eigenvalue weighted by molar-refractivity contribution is 0.631. The van der Waals surface area contributed by atoms with Gasteiger partial charge in [-0.1, -0.05) is 113 Å².